The molecule has 0 aliphatic rings. The van der Waals surface area contributed by atoms with Crippen LogP contribution >= 0.6 is 0 Å². The molecule has 0 aliphatic carbocycles. The summed E-state index contributed by atoms with van der Waals surface area (Å²) in [6.07, 6.45) is 7.43. The number of H-pyrrole nitrogens is 1. The molecule has 0 bridgehead atoms. The highest BCUT2D eigenvalue weighted by Gasteiger charge is 2.08. The van der Waals surface area contributed by atoms with Crippen molar-refractivity contribution < 1.29 is 4.74 Å². The van der Waals surface area contributed by atoms with E-state index in [4.69, 9.17) is 4.74 Å². The number of methoxy groups -OCH3 is 1. The number of benzene rings is 1. The number of nitrogens with one attached hydrogen (secondary N) is 2. The van der Waals surface area contributed by atoms with Crippen LogP contribution in [0.4, 0.5) is 0 Å². The van der Waals surface area contributed by atoms with E-state index in [0.29, 0.717) is 6.54 Å². The van der Waals surface area contributed by atoms with Crippen molar-refractivity contribution in [3.05, 3.63) is 78.1 Å². The molecule has 1 aromatic carbocycles. The van der Waals surface area contributed by atoms with Gasteiger partial charge in [-0.1, -0.05) is 6.07 Å². The minimum absolute atomic E-state index is 0.709. The number of aryl methyl sites for hydroxylation is 1. The number of hydrogen-bond donors (Lipinski definition) is 2. The van der Waals surface area contributed by atoms with Crippen LogP contribution in [0.25, 0.3) is 17.1 Å². The lowest BCUT2D eigenvalue weighted by Crippen LogP contribution is -2.13. The summed E-state index contributed by atoms with van der Waals surface area (Å²) in [4.78, 5) is 8.76. The van der Waals surface area contributed by atoms with Gasteiger partial charge in [-0.15, -0.1) is 0 Å². The van der Waals surface area contributed by atoms with Crippen molar-refractivity contribution in [2.75, 3.05) is 7.11 Å². The van der Waals surface area contributed by atoms with Gasteiger partial charge in [-0.25, -0.2) is 9.97 Å². The molecule has 3 heterocycles. The topological polar surface area (TPSA) is 80.6 Å². The lowest BCUT2D eigenvalue weighted by atomic mass is 10.1. The maximum absolute atomic E-state index is 5.22. The van der Waals surface area contributed by atoms with Crippen LogP contribution in [0.3, 0.4) is 0 Å². The number of pyridine rings is 1. The SMILES string of the molecule is COc1ccc(-c2[nH]ncc2CNCc2ccc(-n3ccnc3C)nc2)cc1. The Labute approximate surface area is 163 Å². The van der Waals surface area contributed by atoms with Crippen LogP contribution in [-0.2, 0) is 13.1 Å². The summed E-state index contributed by atoms with van der Waals surface area (Å²) in [5.74, 6) is 2.63. The first-order valence-electron chi connectivity index (χ1n) is 9.07. The van der Waals surface area contributed by atoms with E-state index >= 15 is 0 Å². The van der Waals surface area contributed by atoms with Gasteiger partial charge < -0.3 is 10.1 Å². The first-order chi connectivity index (χ1) is 13.7. The molecule has 7 heteroatoms. The van der Waals surface area contributed by atoms with Crippen LogP contribution in [0, 0.1) is 6.92 Å². The fraction of sp³-hybridized carbons (Fsp3) is 0.190. The molecule has 2 N–H and O–H groups in total. The van der Waals surface area contributed by atoms with E-state index in [-0.39, 0.29) is 0 Å². The number of hydrogen-bond acceptors (Lipinski definition) is 5. The van der Waals surface area contributed by atoms with Crippen molar-refractivity contribution in [1.29, 1.82) is 0 Å². The second kappa shape index (κ2) is 8.06. The lowest BCUT2D eigenvalue weighted by molar-refractivity contribution is 0.415. The summed E-state index contributed by atoms with van der Waals surface area (Å²) >= 11 is 0. The van der Waals surface area contributed by atoms with E-state index in [2.05, 4.69) is 31.5 Å². The van der Waals surface area contributed by atoms with Crippen LogP contribution in [0.15, 0.2) is 61.2 Å². The zero-order chi connectivity index (χ0) is 19.3. The van der Waals surface area contributed by atoms with E-state index < -0.39 is 0 Å². The Morgan fingerprint density at radius 3 is 2.57 bits per heavy atom. The standard InChI is InChI=1S/C21H22N6O/c1-15-23-9-10-27(15)20-8-3-16(12-24-20)11-22-13-18-14-25-26-21(18)17-4-6-19(28-2)7-5-17/h3-10,12,14,22H,11,13H2,1-2H3,(H,25,26). The van der Waals surface area contributed by atoms with Crippen molar-refractivity contribution in [3.8, 4) is 22.8 Å². The highest BCUT2D eigenvalue weighted by atomic mass is 16.5. The number of ether oxygens (including phenoxy) is 1. The summed E-state index contributed by atoms with van der Waals surface area (Å²) in [6.45, 7) is 3.39. The Hall–Kier alpha value is -3.45. The predicted octanol–water partition coefficient (Wildman–Crippen LogP) is 3.26. The number of aromatic amines is 1. The fourth-order valence-electron chi connectivity index (χ4n) is 3.08. The lowest BCUT2D eigenvalue weighted by Gasteiger charge is -2.08. The van der Waals surface area contributed by atoms with E-state index in [1.165, 1.54) is 0 Å². The van der Waals surface area contributed by atoms with Gasteiger partial charge in [-0.05, 0) is 42.8 Å². The van der Waals surface area contributed by atoms with Gasteiger partial charge >= 0.3 is 0 Å². The van der Waals surface area contributed by atoms with E-state index in [1.807, 2.05) is 60.4 Å². The highest BCUT2D eigenvalue weighted by molar-refractivity contribution is 5.63. The predicted molar refractivity (Wildman–Crippen MR) is 107 cm³/mol. The molecule has 0 spiro atoms. The first kappa shape index (κ1) is 17.9. The monoisotopic (exact) mass is 374 g/mol. The molecule has 28 heavy (non-hydrogen) atoms. The zero-order valence-corrected chi connectivity index (χ0v) is 15.9. The van der Waals surface area contributed by atoms with Gasteiger partial charge in [-0.3, -0.25) is 9.67 Å². The highest BCUT2D eigenvalue weighted by Crippen LogP contribution is 2.23. The van der Waals surface area contributed by atoms with Gasteiger partial charge in [-0.2, -0.15) is 5.10 Å². The minimum atomic E-state index is 0.709. The van der Waals surface area contributed by atoms with E-state index in [9.17, 15) is 0 Å². The van der Waals surface area contributed by atoms with Crippen molar-refractivity contribution in [2.45, 2.75) is 20.0 Å². The van der Waals surface area contributed by atoms with Crippen molar-refractivity contribution in [2.24, 2.45) is 0 Å². The Morgan fingerprint density at radius 1 is 1.04 bits per heavy atom. The Morgan fingerprint density at radius 2 is 1.89 bits per heavy atom. The molecule has 4 rings (SSSR count). The number of nitrogens with zero attached hydrogens (tertiary/aromatic N) is 4. The molecule has 0 fully saturated rings. The quantitative estimate of drug-likeness (QED) is 0.519. The average molecular weight is 374 g/mol. The summed E-state index contributed by atoms with van der Waals surface area (Å²) in [5, 5.41) is 10.7. The van der Waals surface area contributed by atoms with Gasteiger partial charge in [0.15, 0.2) is 0 Å². The van der Waals surface area contributed by atoms with Gasteiger partial charge in [0.2, 0.25) is 0 Å². The smallest absolute Gasteiger partial charge is 0.137 e. The summed E-state index contributed by atoms with van der Waals surface area (Å²) in [5.41, 5.74) is 4.33. The maximum atomic E-state index is 5.22. The molecule has 3 aromatic heterocycles. The second-order valence-electron chi connectivity index (χ2n) is 6.47. The molecule has 0 amide bonds. The molecule has 0 radical (unpaired) electrons. The Balaban J connectivity index is 1.38. The van der Waals surface area contributed by atoms with Gasteiger partial charge in [0.1, 0.15) is 17.4 Å². The molecule has 0 aliphatic heterocycles. The van der Waals surface area contributed by atoms with E-state index in [1.54, 1.807) is 13.3 Å². The minimum Gasteiger partial charge on any atom is -0.497 e. The average Bonchev–Trinajstić information content (AvgIpc) is 3.38. The first-order valence-corrected chi connectivity index (χ1v) is 9.07. The van der Waals surface area contributed by atoms with Crippen LogP contribution in [0.2, 0.25) is 0 Å². The number of imidazole rings is 1. The van der Waals surface area contributed by atoms with Gasteiger partial charge in [0, 0.05) is 42.8 Å². The summed E-state index contributed by atoms with van der Waals surface area (Å²) in [6, 6.07) is 12.0. The molecular formula is C21H22N6O. The normalized spacial score (nSPS) is 10.9. The molecule has 0 atom stereocenters. The van der Waals surface area contributed by atoms with Crippen LogP contribution in [0.5, 0.6) is 5.75 Å². The zero-order valence-electron chi connectivity index (χ0n) is 15.9. The summed E-state index contributed by atoms with van der Waals surface area (Å²) in [7, 11) is 1.67. The summed E-state index contributed by atoms with van der Waals surface area (Å²) < 4.78 is 7.18. The third-order valence-corrected chi connectivity index (χ3v) is 4.62. The molecule has 142 valence electrons. The maximum Gasteiger partial charge on any atom is 0.137 e. The van der Waals surface area contributed by atoms with E-state index in [0.717, 1.165) is 46.3 Å². The third-order valence-electron chi connectivity index (χ3n) is 4.62. The molecule has 0 saturated carbocycles. The van der Waals surface area contributed by atoms with Crippen molar-refractivity contribution in [3.63, 3.8) is 0 Å². The molecular weight excluding hydrogens is 352 g/mol. The van der Waals surface area contributed by atoms with Crippen molar-refractivity contribution in [1.82, 2.24) is 30.0 Å². The van der Waals surface area contributed by atoms with Gasteiger partial charge in [0.25, 0.3) is 0 Å². The molecule has 4 aromatic rings. The van der Waals surface area contributed by atoms with Crippen molar-refractivity contribution >= 4 is 0 Å². The molecule has 0 saturated heterocycles. The molecule has 7 nitrogen and oxygen atoms in total. The molecule has 0 unspecified atom stereocenters. The van der Waals surface area contributed by atoms with Crippen LogP contribution in [0.1, 0.15) is 17.0 Å². The van der Waals surface area contributed by atoms with Crippen LogP contribution < -0.4 is 10.1 Å². The Bertz CT molecular complexity index is 1030. The Kier molecular flexibility index (Phi) is 5.16. The third kappa shape index (κ3) is 3.79. The number of rotatable bonds is 7. The second-order valence-corrected chi connectivity index (χ2v) is 6.47. The van der Waals surface area contributed by atoms with Gasteiger partial charge in [0.05, 0.1) is 19.0 Å². The van der Waals surface area contributed by atoms with Crippen LogP contribution in [-0.4, -0.2) is 31.8 Å². The largest absolute Gasteiger partial charge is 0.497 e. The number of aromatic nitrogens is 5. The fourth-order valence-corrected chi connectivity index (χ4v) is 3.08.